The Hall–Kier alpha value is -6.07. The summed E-state index contributed by atoms with van der Waals surface area (Å²) in [5, 5.41) is 0. The maximum absolute atomic E-state index is 7.03. The first kappa shape index (κ1) is 42.1. The number of rotatable bonds is 18. The lowest BCUT2D eigenvalue weighted by Gasteiger charge is -2.34. The lowest BCUT2D eigenvalue weighted by Crippen LogP contribution is -2.41. The van der Waals surface area contributed by atoms with Crippen molar-refractivity contribution in [2.24, 2.45) is 4.52 Å². The van der Waals surface area contributed by atoms with Crippen LogP contribution in [0.5, 0.6) is 69.0 Å². The summed E-state index contributed by atoms with van der Waals surface area (Å²) in [4.78, 5) is 7.01. The zero-order valence-electron chi connectivity index (χ0n) is 33.5. The molecule has 0 bridgehead atoms. The minimum atomic E-state index is -4.09. The predicted octanol–water partition coefficient (Wildman–Crippen LogP) is 11.0. The van der Waals surface area contributed by atoms with Crippen LogP contribution in [0.15, 0.2) is 150 Å². The molecule has 2 N–H and O–H groups in total. The summed E-state index contributed by atoms with van der Waals surface area (Å²) in [5.74, 6) is 5.10. The van der Waals surface area contributed by atoms with Crippen LogP contribution in [-0.2, 0) is 0 Å². The van der Waals surface area contributed by atoms with Gasteiger partial charge in [0.05, 0.1) is 47.2 Å². The van der Waals surface area contributed by atoms with Crippen molar-refractivity contribution in [3.05, 3.63) is 146 Å². The van der Waals surface area contributed by atoms with Gasteiger partial charge in [0.2, 0.25) is 0 Å². The molecule has 0 unspecified atom stereocenters. The third-order valence-electron chi connectivity index (χ3n) is 8.38. The summed E-state index contributed by atoms with van der Waals surface area (Å²) in [5.41, 5.74) is 0. The van der Waals surface area contributed by atoms with Gasteiger partial charge in [-0.2, -0.15) is 0 Å². The Kier molecular flexibility index (Phi) is 13.2. The van der Waals surface area contributed by atoms with Crippen molar-refractivity contribution in [3.63, 3.8) is 0 Å². The van der Waals surface area contributed by atoms with Gasteiger partial charge in [-0.05, 0) is 72.8 Å². The van der Waals surface area contributed by atoms with Crippen LogP contribution in [0.25, 0.3) is 0 Å². The van der Waals surface area contributed by atoms with Crippen molar-refractivity contribution in [2.45, 2.75) is 0 Å². The van der Waals surface area contributed by atoms with Crippen LogP contribution in [0.3, 0.4) is 0 Å². The van der Waals surface area contributed by atoms with Crippen LogP contribution in [0.2, 0.25) is 0 Å². The molecule has 15 nitrogen and oxygen atoms in total. The SMILES string of the molecule is COc1cccc(OP2(Oc3cccc(OC)c3)=N[P+](Oc3cccc(OC)c3)(Oc3cccc(OC)c3)N[P+](Oc3cccc(OC)c3)(Oc3cccc(OC)c3)N2)c1. The van der Waals surface area contributed by atoms with Gasteiger partial charge in [-0.15, -0.1) is 0 Å². The molecule has 312 valence electrons. The Labute approximate surface area is 349 Å². The Balaban J connectivity index is 1.54. The van der Waals surface area contributed by atoms with Crippen molar-refractivity contribution in [2.75, 3.05) is 42.7 Å². The highest BCUT2D eigenvalue weighted by atomic mass is 31.3. The second kappa shape index (κ2) is 18.9. The van der Waals surface area contributed by atoms with Crippen molar-refractivity contribution in [1.82, 2.24) is 9.72 Å². The van der Waals surface area contributed by atoms with Gasteiger partial charge >= 0.3 is 23.7 Å². The summed E-state index contributed by atoms with van der Waals surface area (Å²) in [6.45, 7) is 0. The summed E-state index contributed by atoms with van der Waals surface area (Å²) < 4.78 is 80.9. The maximum atomic E-state index is 7.03. The molecule has 0 radical (unpaired) electrons. The van der Waals surface area contributed by atoms with Gasteiger partial charge < -0.3 is 37.5 Å². The van der Waals surface area contributed by atoms with Gasteiger partial charge in [-0.3, -0.25) is 18.1 Å². The van der Waals surface area contributed by atoms with Crippen molar-refractivity contribution in [3.8, 4) is 69.0 Å². The third kappa shape index (κ3) is 10.4. The Morgan fingerprint density at radius 3 is 0.950 bits per heavy atom. The molecule has 6 aromatic rings. The van der Waals surface area contributed by atoms with Crippen LogP contribution < -0.4 is 65.3 Å². The number of nitrogens with one attached hydrogen (secondary N) is 2. The summed E-state index contributed by atoms with van der Waals surface area (Å²) >= 11 is 0. The minimum Gasteiger partial charge on any atom is -0.497 e. The monoisotopic (exact) mass is 875 g/mol. The van der Waals surface area contributed by atoms with Gasteiger partial charge in [0.25, 0.3) is 0 Å². The van der Waals surface area contributed by atoms with E-state index in [1.54, 1.807) is 188 Å². The number of hydrogen-bond acceptors (Lipinski definition) is 15. The second-order valence-corrected chi connectivity index (χ2v) is 19.1. The topological polar surface area (TPSA) is 147 Å². The molecular weight excluding hydrogens is 831 g/mol. The van der Waals surface area contributed by atoms with Crippen molar-refractivity contribution < 1.29 is 55.6 Å². The standard InChI is InChI=1S/C42H44N3O12P3/c1-46-31-13-7-19-37(25-31)52-58(53-38-20-8-14-32(26-38)47-2)43-59(54-39-21-9-15-33(27-39)48-3,55-40-22-10-16-34(28-40)49-4)45-60(44-58,56-41-23-11-17-35(29-41)50-5)57-42-24-12-18-36(30-42)51-6/h7-30,43-44H,1-6H3/q+2. The molecule has 1 aliphatic rings. The summed E-state index contributed by atoms with van der Waals surface area (Å²) in [6, 6.07) is 42.2. The summed E-state index contributed by atoms with van der Waals surface area (Å²) in [7, 11) is -2.79. The van der Waals surface area contributed by atoms with E-state index >= 15 is 0 Å². The number of methoxy groups -OCH3 is 6. The zero-order valence-corrected chi connectivity index (χ0v) is 36.2. The number of hydrogen-bond donors (Lipinski definition) is 2. The highest BCUT2D eigenvalue weighted by Crippen LogP contribution is 2.80. The van der Waals surface area contributed by atoms with Crippen LogP contribution in [-0.4, -0.2) is 42.7 Å². The smallest absolute Gasteiger partial charge is 0.497 e. The molecule has 0 saturated heterocycles. The predicted molar refractivity (Wildman–Crippen MR) is 231 cm³/mol. The highest BCUT2D eigenvalue weighted by Gasteiger charge is 2.75. The molecule has 0 atom stereocenters. The van der Waals surface area contributed by atoms with E-state index in [9.17, 15) is 0 Å². The average molecular weight is 876 g/mol. The van der Waals surface area contributed by atoms with E-state index in [2.05, 4.69) is 9.72 Å². The van der Waals surface area contributed by atoms with Gasteiger partial charge in [-0.25, -0.2) is 0 Å². The molecule has 0 amide bonds. The number of benzene rings is 6. The molecule has 0 saturated carbocycles. The first-order chi connectivity index (χ1) is 29.2. The van der Waals surface area contributed by atoms with Crippen LogP contribution in [0, 0.1) is 0 Å². The molecule has 60 heavy (non-hydrogen) atoms. The molecule has 0 fully saturated rings. The van der Waals surface area contributed by atoms with E-state index in [0.29, 0.717) is 69.0 Å². The minimum absolute atomic E-state index is 0.324. The van der Waals surface area contributed by atoms with Gasteiger partial charge in [0, 0.05) is 41.3 Å². The van der Waals surface area contributed by atoms with Crippen LogP contribution in [0.4, 0.5) is 0 Å². The fraction of sp³-hybridized carbons (Fsp3) is 0.143. The van der Waals surface area contributed by atoms with E-state index in [-0.39, 0.29) is 0 Å². The Morgan fingerprint density at radius 1 is 0.367 bits per heavy atom. The largest absolute Gasteiger partial charge is 0.617 e. The van der Waals surface area contributed by atoms with Crippen LogP contribution in [0.1, 0.15) is 0 Å². The van der Waals surface area contributed by atoms with E-state index < -0.39 is 23.7 Å². The average Bonchev–Trinajstić information content (AvgIpc) is 3.26. The third-order valence-corrected chi connectivity index (χ3v) is 17.2. The first-order valence-corrected chi connectivity index (χ1v) is 23.0. The highest BCUT2D eigenvalue weighted by molar-refractivity contribution is 7.89. The Morgan fingerprint density at radius 2 is 0.633 bits per heavy atom. The number of ether oxygens (including phenoxy) is 6. The first-order valence-electron chi connectivity index (χ1n) is 18.2. The van der Waals surface area contributed by atoms with Crippen LogP contribution >= 0.6 is 23.7 Å². The number of nitrogens with zero attached hydrogens (tertiary/aromatic N) is 1. The van der Waals surface area contributed by atoms with E-state index in [1.807, 2.05) is 0 Å². The van der Waals surface area contributed by atoms with Gasteiger partial charge in [0.15, 0.2) is 23.0 Å². The van der Waals surface area contributed by atoms with Crippen molar-refractivity contribution >= 4 is 23.7 Å². The summed E-state index contributed by atoms with van der Waals surface area (Å²) in [6.07, 6.45) is 0. The fourth-order valence-corrected chi connectivity index (χ4v) is 15.6. The van der Waals surface area contributed by atoms with Crippen molar-refractivity contribution in [1.29, 1.82) is 0 Å². The quantitative estimate of drug-likeness (QED) is 0.0789. The molecule has 6 aromatic carbocycles. The van der Waals surface area contributed by atoms with Gasteiger partial charge in [0.1, 0.15) is 50.9 Å². The lowest BCUT2D eigenvalue weighted by molar-refractivity contribution is 0.390. The molecule has 1 aliphatic heterocycles. The normalized spacial score (nSPS) is 14.6. The fourth-order valence-electron chi connectivity index (χ4n) is 5.66. The second-order valence-electron chi connectivity index (χ2n) is 12.5. The molecule has 18 heteroatoms. The molecule has 0 aliphatic carbocycles. The molecular formula is C42H44N3O12P3+2. The molecule has 1 heterocycles. The molecule has 7 rings (SSSR count). The molecule has 0 aromatic heterocycles. The van der Waals surface area contributed by atoms with Gasteiger partial charge in [-0.1, -0.05) is 36.4 Å². The Bertz CT molecular complexity index is 2310. The van der Waals surface area contributed by atoms with E-state index in [0.717, 1.165) is 0 Å². The lowest BCUT2D eigenvalue weighted by atomic mass is 10.3. The van der Waals surface area contributed by atoms with E-state index in [4.69, 9.17) is 60.1 Å². The molecule has 0 spiro atoms. The zero-order chi connectivity index (χ0) is 42.0. The maximum Gasteiger partial charge on any atom is 0.617 e. The van der Waals surface area contributed by atoms with E-state index in [1.165, 1.54) is 0 Å².